The Labute approximate surface area is 333 Å². The number of piperazine rings is 2. The molecule has 0 spiro atoms. The normalized spacial score (nSPS) is 16.4. The van der Waals surface area contributed by atoms with Crippen molar-refractivity contribution in [3.8, 4) is 0 Å². The van der Waals surface area contributed by atoms with Crippen LogP contribution in [0.25, 0.3) is 0 Å². The van der Waals surface area contributed by atoms with E-state index in [4.69, 9.17) is 23.7 Å². The monoisotopic (exact) mass is 827 g/mol. The zero-order chi connectivity index (χ0) is 42.0. The SMILES string of the molecule is CCCNC(=O)OC(C)Cc1ccc(C(=O)N2CCN(C(=O)CCC(=O)OCCOCCOCCOC(=O)N3CCN(P(C)(=O)N(C)C)CC3)CC2)cc1[N+](=O)[O-]. The van der Waals surface area contributed by atoms with E-state index in [0.717, 1.165) is 6.42 Å². The highest BCUT2D eigenvalue weighted by Crippen LogP contribution is 2.47. The van der Waals surface area contributed by atoms with Crippen LogP contribution in [0.3, 0.4) is 0 Å². The number of hydrogen-bond donors (Lipinski definition) is 1. The first-order chi connectivity index (χ1) is 27.1. The second-order valence-corrected chi connectivity index (χ2v) is 16.8. The Hall–Kier alpha value is -4.36. The number of carbonyl (C=O) groups is 5. The fraction of sp³-hybridized carbons (Fsp3) is 0.694. The molecule has 0 saturated carbocycles. The molecule has 57 heavy (non-hydrogen) atoms. The minimum absolute atomic E-state index is 0.00284. The molecule has 2 aliphatic rings. The third kappa shape index (κ3) is 15.5. The molecule has 1 aromatic rings. The predicted molar refractivity (Wildman–Crippen MR) is 207 cm³/mol. The Bertz CT molecular complexity index is 1570. The lowest BCUT2D eigenvalue weighted by molar-refractivity contribution is -0.385. The molecule has 20 nitrogen and oxygen atoms in total. The number of rotatable bonds is 21. The molecule has 0 aromatic heterocycles. The van der Waals surface area contributed by atoms with Crippen molar-refractivity contribution in [3.05, 3.63) is 39.4 Å². The molecule has 3 rings (SSSR count). The van der Waals surface area contributed by atoms with Gasteiger partial charge in [0.05, 0.1) is 37.8 Å². The summed E-state index contributed by atoms with van der Waals surface area (Å²) in [6, 6.07) is 4.21. The number of hydrogen-bond acceptors (Lipinski definition) is 13. The van der Waals surface area contributed by atoms with Crippen molar-refractivity contribution in [2.75, 3.05) is 119 Å². The van der Waals surface area contributed by atoms with Crippen molar-refractivity contribution >= 4 is 43.1 Å². The molecule has 2 fully saturated rings. The van der Waals surface area contributed by atoms with Gasteiger partial charge in [-0.05, 0) is 33.5 Å². The number of nitrogens with zero attached hydrogens (tertiary/aromatic N) is 6. The maximum absolute atomic E-state index is 13.2. The first-order valence-electron chi connectivity index (χ1n) is 19.2. The van der Waals surface area contributed by atoms with Gasteiger partial charge in [-0.25, -0.2) is 18.9 Å². The van der Waals surface area contributed by atoms with Gasteiger partial charge in [0, 0.05) is 95.6 Å². The van der Waals surface area contributed by atoms with Gasteiger partial charge in [0.15, 0.2) is 0 Å². The smallest absolute Gasteiger partial charge is 0.409 e. The molecule has 320 valence electrons. The predicted octanol–water partition coefficient (Wildman–Crippen LogP) is 2.44. The molecule has 1 N–H and O–H groups in total. The zero-order valence-corrected chi connectivity index (χ0v) is 34.6. The number of carbonyl (C=O) groups excluding carboxylic acids is 5. The van der Waals surface area contributed by atoms with E-state index < -0.39 is 42.5 Å². The first-order valence-corrected chi connectivity index (χ1v) is 21.2. The molecule has 2 heterocycles. The van der Waals surface area contributed by atoms with Gasteiger partial charge >= 0.3 is 18.2 Å². The van der Waals surface area contributed by atoms with E-state index in [0.29, 0.717) is 38.3 Å². The van der Waals surface area contributed by atoms with Crippen LogP contribution in [0.5, 0.6) is 0 Å². The van der Waals surface area contributed by atoms with Crippen LogP contribution in [-0.2, 0) is 44.3 Å². The van der Waals surface area contributed by atoms with Crippen molar-refractivity contribution in [1.29, 1.82) is 0 Å². The molecule has 0 radical (unpaired) electrons. The Morgan fingerprint density at radius 1 is 0.860 bits per heavy atom. The molecular weight excluding hydrogens is 769 g/mol. The minimum atomic E-state index is -2.59. The first kappa shape index (κ1) is 47.0. The van der Waals surface area contributed by atoms with Gasteiger partial charge in [-0.15, -0.1) is 0 Å². The Morgan fingerprint density at radius 2 is 1.44 bits per heavy atom. The summed E-state index contributed by atoms with van der Waals surface area (Å²) in [5.41, 5.74) is 0.208. The fourth-order valence-corrected chi connectivity index (χ4v) is 7.37. The van der Waals surface area contributed by atoms with E-state index in [-0.39, 0.29) is 102 Å². The number of nitro groups is 1. The summed E-state index contributed by atoms with van der Waals surface area (Å²) in [5, 5.41) is 14.4. The lowest BCUT2D eigenvalue weighted by atomic mass is 10.0. The third-order valence-corrected chi connectivity index (χ3v) is 12.4. The van der Waals surface area contributed by atoms with E-state index >= 15 is 0 Å². The average molecular weight is 828 g/mol. The number of nitrogens with one attached hydrogen (secondary N) is 1. The molecule has 2 unspecified atom stereocenters. The molecule has 1 aromatic carbocycles. The quantitative estimate of drug-likeness (QED) is 0.0470. The number of nitro benzene ring substituents is 1. The third-order valence-electron chi connectivity index (χ3n) is 9.42. The largest absolute Gasteiger partial charge is 0.463 e. The molecule has 0 bridgehead atoms. The van der Waals surface area contributed by atoms with Crippen molar-refractivity contribution in [2.24, 2.45) is 0 Å². The van der Waals surface area contributed by atoms with Gasteiger partial charge in [-0.1, -0.05) is 13.0 Å². The summed E-state index contributed by atoms with van der Waals surface area (Å²) in [4.78, 5) is 78.2. The summed E-state index contributed by atoms with van der Waals surface area (Å²) < 4.78 is 42.9. The maximum Gasteiger partial charge on any atom is 0.409 e. The summed E-state index contributed by atoms with van der Waals surface area (Å²) in [5.74, 6) is -1.21. The molecule has 2 aliphatic heterocycles. The Kier molecular flexibility index (Phi) is 19.6. The molecule has 2 atom stereocenters. The lowest BCUT2D eigenvalue weighted by Gasteiger charge is -2.39. The van der Waals surface area contributed by atoms with Gasteiger partial charge in [0.1, 0.15) is 19.3 Å². The number of esters is 1. The van der Waals surface area contributed by atoms with Crippen LogP contribution >= 0.6 is 7.44 Å². The zero-order valence-electron chi connectivity index (χ0n) is 33.7. The maximum atomic E-state index is 13.2. The molecule has 4 amide bonds. The van der Waals surface area contributed by atoms with Crippen LogP contribution in [0.2, 0.25) is 0 Å². The second kappa shape index (κ2) is 23.8. The van der Waals surface area contributed by atoms with Crippen LogP contribution in [0.1, 0.15) is 49.0 Å². The van der Waals surface area contributed by atoms with Gasteiger partial charge < -0.3 is 43.7 Å². The lowest BCUT2D eigenvalue weighted by Crippen LogP contribution is -2.50. The highest BCUT2D eigenvalue weighted by atomic mass is 31.2. The topological polar surface area (TPSA) is 220 Å². The van der Waals surface area contributed by atoms with Crippen LogP contribution in [0.15, 0.2) is 18.2 Å². The molecule has 0 aliphatic carbocycles. The highest BCUT2D eigenvalue weighted by Gasteiger charge is 2.32. The molecular formula is C36H58N7O13P. The number of benzene rings is 1. The van der Waals surface area contributed by atoms with Crippen LogP contribution in [0, 0.1) is 10.1 Å². The van der Waals surface area contributed by atoms with E-state index in [1.165, 1.54) is 23.1 Å². The van der Waals surface area contributed by atoms with Crippen LogP contribution < -0.4 is 5.32 Å². The minimum Gasteiger partial charge on any atom is -0.463 e. The fourth-order valence-electron chi connectivity index (χ4n) is 5.94. The van der Waals surface area contributed by atoms with E-state index in [1.807, 2.05) is 11.6 Å². The molecule has 21 heteroatoms. The standard InChI is InChI=1S/C36H58N7O13P/c1-6-11-37-35(47)56-28(2)26-29-7-8-30(27-31(29)43(49)50)34(46)40-14-12-39(13-15-40)32(44)9-10-33(45)54-24-22-52-20-21-53-23-25-55-36(48)41-16-18-42(19-17-41)57(5,51)38(3)4/h7-8,27-28H,6,9-26H2,1-5H3,(H,37,47). The number of ether oxygens (including phenoxy) is 5. The van der Waals surface area contributed by atoms with E-state index in [9.17, 15) is 38.7 Å². The summed E-state index contributed by atoms with van der Waals surface area (Å²) in [6.07, 6.45) is -1.03. The number of alkyl carbamates (subject to hydrolysis) is 1. The average Bonchev–Trinajstić information content (AvgIpc) is 3.19. The van der Waals surface area contributed by atoms with Gasteiger partial charge in [-0.2, -0.15) is 0 Å². The number of amides is 4. The van der Waals surface area contributed by atoms with Crippen molar-refractivity contribution in [2.45, 2.75) is 45.6 Å². The van der Waals surface area contributed by atoms with Crippen molar-refractivity contribution in [3.63, 3.8) is 0 Å². The van der Waals surface area contributed by atoms with E-state index in [1.54, 1.807) is 42.2 Å². The Balaban J connectivity index is 1.23. The van der Waals surface area contributed by atoms with Crippen molar-refractivity contribution < 1.29 is 57.1 Å². The van der Waals surface area contributed by atoms with Gasteiger partial charge in [0.2, 0.25) is 13.4 Å². The second-order valence-electron chi connectivity index (χ2n) is 13.8. The summed E-state index contributed by atoms with van der Waals surface area (Å²) in [6.45, 7) is 9.36. The van der Waals surface area contributed by atoms with Crippen LogP contribution in [-0.4, -0.2) is 184 Å². The highest BCUT2D eigenvalue weighted by molar-refractivity contribution is 7.58. The van der Waals surface area contributed by atoms with E-state index in [2.05, 4.69) is 5.32 Å². The van der Waals surface area contributed by atoms with Crippen molar-refractivity contribution in [1.82, 2.24) is 29.4 Å². The molecule has 2 saturated heterocycles. The van der Waals surface area contributed by atoms with Gasteiger partial charge in [0.25, 0.3) is 11.6 Å². The van der Waals surface area contributed by atoms with Crippen LogP contribution in [0.4, 0.5) is 15.3 Å². The van der Waals surface area contributed by atoms with Gasteiger partial charge in [-0.3, -0.25) is 29.1 Å². The summed E-state index contributed by atoms with van der Waals surface area (Å²) in [7, 11) is 0.964. The Morgan fingerprint density at radius 3 is 2.04 bits per heavy atom. The summed E-state index contributed by atoms with van der Waals surface area (Å²) >= 11 is 0.